The van der Waals surface area contributed by atoms with Gasteiger partial charge in [0.2, 0.25) is 0 Å². The van der Waals surface area contributed by atoms with Crippen molar-refractivity contribution in [1.29, 1.82) is 0 Å². The first-order chi connectivity index (χ1) is 13.8. The van der Waals surface area contributed by atoms with Gasteiger partial charge in [-0.15, -0.1) is 5.10 Å². The second-order valence-electron chi connectivity index (χ2n) is 5.93. The number of carbonyl (C=O) groups is 2. The molecule has 0 aliphatic carbocycles. The number of hydrogen-bond donors (Lipinski definition) is 1. The molecule has 1 aromatic heterocycles. The van der Waals surface area contributed by atoms with Gasteiger partial charge in [0.25, 0.3) is 5.91 Å². The summed E-state index contributed by atoms with van der Waals surface area (Å²) in [7, 11) is 1.27. The molecule has 0 bridgehead atoms. The van der Waals surface area contributed by atoms with E-state index in [1.807, 2.05) is 0 Å². The highest BCUT2D eigenvalue weighted by Gasteiger charge is 2.34. The van der Waals surface area contributed by atoms with E-state index in [1.165, 1.54) is 25.3 Å². The molecular formula is C19H15F3N4O3. The van der Waals surface area contributed by atoms with Crippen LogP contribution in [0.3, 0.4) is 0 Å². The molecule has 2 aromatic carbocycles. The van der Waals surface area contributed by atoms with E-state index in [9.17, 15) is 22.8 Å². The first-order valence-electron chi connectivity index (χ1n) is 8.34. The molecule has 3 aromatic rings. The number of halogens is 3. The summed E-state index contributed by atoms with van der Waals surface area (Å²) >= 11 is 0. The molecule has 0 aliphatic rings. The molecule has 150 valence electrons. The fraction of sp³-hybridized carbons (Fsp3) is 0.158. The number of nitrogens with one attached hydrogen (secondary N) is 1. The van der Waals surface area contributed by atoms with Gasteiger partial charge in [-0.05, 0) is 29.8 Å². The van der Waals surface area contributed by atoms with E-state index in [-0.39, 0.29) is 17.9 Å². The van der Waals surface area contributed by atoms with Crippen molar-refractivity contribution in [3.63, 3.8) is 0 Å². The average molecular weight is 404 g/mol. The van der Waals surface area contributed by atoms with Crippen molar-refractivity contribution in [1.82, 2.24) is 20.3 Å². The summed E-state index contributed by atoms with van der Waals surface area (Å²) in [4.78, 5) is 23.6. The minimum absolute atomic E-state index is 0.131. The van der Waals surface area contributed by atoms with Crippen LogP contribution in [-0.4, -0.2) is 34.0 Å². The zero-order valence-corrected chi connectivity index (χ0v) is 15.1. The highest BCUT2D eigenvalue weighted by atomic mass is 19.4. The third-order valence-corrected chi connectivity index (χ3v) is 4.01. The number of amides is 1. The molecule has 1 N–H and O–H groups in total. The Bertz CT molecular complexity index is 1030. The minimum Gasteiger partial charge on any atom is -0.465 e. The molecule has 0 spiro atoms. The van der Waals surface area contributed by atoms with Crippen LogP contribution in [0.2, 0.25) is 0 Å². The van der Waals surface area contributed by atoms with Crippen molar-refractivity contribution >= 4 is 11.9 Å². The Labute approximate surface area is 163 Å². The molecule has 10 heteroatoms. The Morgan fingerprint density at radius 3 is 2.45 bits per heavy atom. The van der Waals surface area contributed by atoms with Crippen LogP contribution in [0.25, 0.3) is 5.69 Å². The van der Waals surface area contributed by atoms with Crippen LogP contribution in [0.4, 0.5) is 13.2 Å². The number of benzene rings is 2. The van der Waals surface area contributed by atoms with E-state index in [0.29, 0.717) is 11.1 Å². The van der Waals surface area contributed by atoms with Crippen molar-refractivity contribution in [2.75, 3.05) is 7.11 Å². The number of hydrogen-bond acceptors (Lipinski definition) is 5. The molecular weight excluding hydrogens is 389 g/mol. The predicted molar refractivity (Wildman–Crippen MR) is 95.3 cm³/mol. The highest BCUT2D eigenvalue weighted by Crippen LogP contribution is 2.33. The summed E-state index contributed by atoms with van der Waals surface area (Å²) in [6.45, 7) is 0.131. The van der Waals surface area contributed by atoms with E-state index < -0.39 is 23.6 Å². The lowest BCUT2D eigenvalue weighted by molar-refractivity contribution is -0.137. The molecule has 0 saturated carbocycles. The van der Waals surface area contributed by atoms with Gasteiger partial charge in [-0.2, -0.15) is 13.2 Å². The number of rotatable bonds is 5. The lowest BCUT2D eigenvalue weighted by Gasteiger charge is -2.11. The molecule has 1 heterocycles. The summed E-state index contributed by atoms with van der Waals surface area (Å²) in [5, 5.41) is 9.87. The summed E-state index contributed by atoms with van der Waals surface area (Å²) in [6, 6.07) is 11.3. The Hall–Kier alpha value is -3.69. The topological polar surface area (TPSA) is 86.1 Å². The zero-order chi connectivity index (χ0) is 21.0. The van der Waals surface area contributed by atoms with Crippen molar-refractivity contribution in [2.45, 2.75) is 12.7 Å². The van der Waals surface area contributed by atoms with Crippen LogP contribution >= 0.6 is 0 Å². The van der Waals surface area contributed by atoms with Gasteiger partial charge in [0.15, 0.2) is 5.69 Å². The van der Waals surface area contributed by atoms with Crippen molar-refractivity contribution in [2.24, 2.45) is 0 Å². The van der Waals surface area contributed by atoms with E-state index in [4.69, 9.17) is 0 Å². The van der Waals surface area contributed by atoms with Gasteiger partial charge in [0.1, 0.15) is 0 Å². The molecule has 7 nitrogen and oxygen atoms in total. The van der Waals surface area contributed by atoms with Gasteiger partial charge in [-0.25, -0.2) is 9.48 Å². The van der Waals surface area contributed by atoms with Crippen LogP contribution < -0.4 is 5.32 Å². The van der Waals surface area contributed by atoms with E-state index >= 15 is 0 Å². The van der Waals surface area contributed by atoms with Gasteiger partial charge in [0.05, 0.1) is 30.1 Å². The van der Waals surface area contributed by atoms with Crippen LogP contribution in [0, 0.1) is 0 Å². The quantitative estimate of drug-likeness (QED) is 0.661. The third kappa shape index (κ3) is 4.60. The molecule has 0 radical (unpaired) electrons. The Kier molecular flexibility index (Phi) is 5.62. The number of carbonyl (C=O) groups excluding carboxylic acids is 2. The first kappa shape index (κ1) is 20.1. The Morgan fingerprint density at radius 1 is 1.10 bits per heavy atom. The number of aromatic nitrogens is 3. The van der Waals surface area contributed by atoms with E-state index in [2.05, 4.69) is 20.4 Å². The highest BCUT2D eigenvalue weighted by molar-refractivity contribution is 5.92. The molecule has 1 amide bonds. The fourth-order valence-electron chi connectivity index (χ4n) is 2.55. The van der Waals surface area contributed by atoms with Crippen LogP contribution in [0.15, 0.2) is 54.7 Å². The smallest absolute Gasteiger partial charge is 0.418 e. The molecule has 0 unspecified atom stereocenters. The van der Waals surface area contributed by atoms with Crippen LogP contribution in [-0.2, 0) is 17.5 Å². The second kappa shape index (κ2) is 8.13. The van der Waals surface area contributed by atoms with Gasteiger partial charge < -0.3 is 10.1 Å². The SMILES string of the molecule is COC(=O)c1ccc(CNC(=O)c2cn(-c3ccccc3C(F)(F)F)nn2)cc1. The maximum absolute atomic E-state index is 13.1. The first-order valence-corrected chi connectivity index (χ1v) is 8.34. The van der Waals surface area contributed by atoms with Gasteiger partial charge >= 0.3 is 12.1 Å². The minimum atomic E-state index is -4.57. The monoisotopic (exact) mass is 404 g/mol. The van der Waals surface area contributed by atoms with Gasteiger partial charge in [-0.1, -0.05) is 29.5 Å². The van der Waals surface area contributed by atoms with Gasteiger partial charge in [0, 0.05) is 6.54 Å². The number of nitrogens with zero attached hydrogens (tertiary/aromatic N) is 3. The number of ether oxygens (including phenoxy) is 1. The second-order valence-corrected chi connectivity index (χ2v) is 5.93. The number of methoxy groups -OCH3 is 1. The predicted octanol–water partition coefficient (Wildman–Crippen LogP) is 3.00. The fourth-order valence-corrected chi connectivity index (χ4v) is 2.55. The molecule has 0 fully saturated rings. The lowest BCUT2D eigenvalue weighted by Crippen LogP contribution is -2.23. The lowest BCUT2D eigenvalue weighted by atomic mass is 10.1. The number of esters is 1. The standard InChI is InChI=1S/C19H15F3N4O3/c1-29-18(28)13-8-6-12(7-9-13)10-23-17(27)15-11-26(25-24-15)16-5-3-2-4-14(16)19(20,21)22/h2-9,11H,10H2,1H3,(H,23,27). The Balaban J connectivity index is 1.70. The Morgan fingerprint density at radius 2 is 1.79 bits per heavy atom. The summed E-state index contributed by atoms with van der Waals surface area (Å²) < 4.78 is 44.9. The zero-order valence-electron chi connectivity index (χ0n) is 15.1. The number of para-hydroxylation sites is 1. The van der Waals surface area contributed by atoms with E-state index in [1.54, 1.807) is 24.3 Å². The normalized spacial score (nSPS) is 11.2. The third-order valence-electron chi connectivity index (χ3n) is 4.01. The van der Waals surface area contributed by atoms with Gasteiger partial charge in [-0.3, -0.25) is 4.79 Å². The largest absolute Gasteiger partial charge is 0.465 e. The molecule has 29 heavy (non-hydrogen) atoms. The van der Waals surface area contributed by atoms with Crippen molar-refractivity contribution in [3.8, 4) is 5.69 Å². The van der Waals surface area contributed by atoms with Crippen LogP contribution in [0.1, 0.15) is 32.0 Å². The van der Waals surface area contributed by atoms with Crippen LogP contribution in [0.5, 0.6) is 0 Å². The molecule has 0 aliphatic heterocycles. The average Bonchev–Trinajstić information content (AvgIpc) is 3.21. The maximum Gasteiger partial charge on any atom is 0.418 e. The molecule has 0 saturated heterocycles. The van der Waals surface area contributed by atoms with Crippen molar-refractivity contribution < 1.29 is 27.5 Å². The van der Waals surface area contributed by atoms with E-state index in [0.717, 1.165) is 16.9 Å². The number of alkyl halides is 3. The maximum atomic E-state index is 13.1. The van der Waals surface area contributed by atoms with Crippen molar-refractivity contribution in [3.05, 3.63) is 77.1 Å². The molecule has 3 rings (SSSR count). The molecule has 0 atom stereocenters. The summed E-state index contributed by atoms with van der Waals surface area (Å²) in [5.74, 6) is -1.07. The summed E-state index contributed by atoms with van der Waals surface area (Å²) in [6.07, 6.45) is -3.44. The summed E-state index contributed by atoms with van der Waals surface area (Å²) in [5.41, 5.74) is -0.171.